The molecule has 2 nitrogen and oxygen atoms in total. The standard InChI is InChI=1S/C17H20FNO/c1-11-8-12-15(9-17(2,3)10-16(12)20)19(11)14-7-5-4-6-13(14)18/h4-8,16,20H,9-10H2,1-3H3. The van der Waals surface area contributed by atoms with Crippen LogP contribution in [0, 0.1) is 18.2 Å². The van der Waals surface area contributed by atoms with Crippen LogP contribution in [0.25, 0.3) is 5.69 Å². The molecule has 1 unspecified atom stereocenters. The van der Waals surface area contributed by atoms with E-state index in [-0.39, 0.29) is 11.2 Å². The van der Waals surface area contributed by atoms with Crippen molar-refractivity contribution in [3.05, 3.63) is 53.1 Å². The van der Waals surface area contributed by atoms with Crippen LogP contribution in [0.4, 0.5) is 4.39 Å². The van der Waals surface area contributed by atoms with E-state index < -0.39 is 6.10 Å². The van der Waals surface area contributed by atoms with Crippen molar-refractivity contribution < 1.29 is 9.50 Å². The summed E-state index contributed by atoms with van der Waals surface area (Å²) in [5.41, 5.74) is 3.55. The van der Waals surface area contributed by atoms with Crippen LogP contribution < -0.4 is 0 Å². The molecule has 3 heteroatoms. The molecule has 0 radical (unpaired) electrons. The fourth-order valence-corrected chi connectivity index (χ4v) is 3.31. The van der Waals surface area contributed by atoms with Crippen molar-refractivity contribution in [1.82, 2.24) is 4.57 Å². The maximum atomic E-state index is 14.1. The van der Waals surface area contributed by atoms with Crippen LogP contribution in [-0.2, 0) is 6.42 Å². The first-order valence-electron chi connectivity index (χ1n) is 7.03. The number of aromatic nitrogens is 1. The number of rotatable bonds is 1. The van der Waals surface area contributed by atoms with Gasteiger partial charge in [0.1, 0.15) is 5.82 Å². The zero-order valence-electron chi connectivity index (χ0n) is 12.2. The maximum Gasteiger partial charge on any atom is 0.147 e. The van der Waals surface area contributed by atoms with Crippen LogP contribution in [0.2, 0.25) is 0 Å². The molecule has 20 heavy (non-hydrogen) atoms. The van der Waals surface area contributed by atoms with Crippen molar-refractivity contribution in [2.75, 3.05) is 0 Å². The topological polar surface area (TPSA) is 25.2 Å². The summed E-state index contributed by atoms with van der Waals surface area (Å²) in [5.74, 6) is -0.230. The predicted octanol–water partition coefficient (Wildman–Crippen LogP) is 3.93. The molecule has 0 saturated heterocycles. The first-order valence-corrected chi connectivity index (χ1v) is 7.03. The molecule has 1 atom stereocenters. The lowest BCUT2D eigenvalue weighted by Gasteiger charge is -2.34. The fourth-order valence-electron chi connectivity index (χ4n) is 3.31. The van der Waals surface area contributed by atoms with Gasteiger partial charge in [-0.2, -0.15) is 0 Å². The molecule has 1 aliphatic rings. The quantitative estimate of drug-likeness (QED) is 0.836. The number of hydrogen-bond acceptors (Lipinski definition) is 1. The second kappa shape index (κ2) is 4.45. The molecule has 0 aliphatic heterocycles. The van der Waals surface area contributed by atoms with Crippen LogP contribution in [0.1, 0.15) is 43.3 Å². The number of benzene rings is 1. The number of para-hydroxylation sites is 1. The molecule has 0 fully saturated rings. The molecule has 1 heterocycles. The van der Waals surface area contributed by atoms with Gasteiger partial charge in [-0.15, -0.1) is 0 Å². The zero-order chi connectivity index (χ0) is 14.5. The molecule has 0 amide bonds. The number of hydrogen-bond donors (Lipinski definition) is 1. The maximum absolute atomic E-state index is 14.1. The summed E-state index contributed by atoms with van der Waals surface area (Å²) in [7, 11) is 0. The van der Waals surface area contributed by atoms with Crippen LogP contribution in [-0.4, -0.2) is 9.67 Å². The summed E-state index contributed by atoms with van der Waals surface area (Å²) < 4.78 is 16.1. The van der Waals surface area contributed by atoms with Crippen LogP contribution in [0.15, 0.2) is 30.3 Å². The highest BCUT2D eigenvalue weighted by molar-refractivity contribution is 5.44. The van der Waals surface area contributed by atoms with Gasteiger partial charge in [0.15, 0.2) is 0 Å². The summed E-state index contributed by atoms with van der Waals surface area (Å²) >= 11 is 0. The van der Waals surface area contributed by atoms with E-state index in [1.54, 1.807) is 12.1 Å². The molecule has 3 rings (SSSR count). The summed E-state index contributed by atoms with van der Waals surface area (Å²) in [4.78, 5) is 0. The number of nitrogens with zero attached hydrogens (tertiary/aromatic N) is 1. The fraction of sp³-hybridized carbons (Fsp3) is 0.412. The minimum absolute atomic E-state index is 0.0280. The van der Waals surface area contributed by atoms with Gasteiger partial charge in [-0.25, -0.2) is 4.39 Å². The SMILES string of the molecule is Cc1cc2c(n1-c1ccccc1F)CC(C)(C)CC2O. The van der Waals surface area contributed by atoms with Gasteiger partial charge >= 0.3 is 0 Å². The van der Waals surface area contributed by atoms with Crippen LogP contribution >= 0.6 is 0 Å². The van der Waals surface area contributed by atoms with E-state index in [1.807, 2.05) is 23.6 Å². The Labute approximate surface area is 118 Å². The van der Waals surface area contributed by atoms with Gasteiger partial charge < -0.3 is 9.67 Å². The van der Waals surface area contributed by atoms with Gasteiger partial charge in [-0.05, 0) is 43.4 Å². The largest absolute Gasteiger partial charge is 0.388 e. The lowest BCUT2D eigenvalue weighted by atomic mass is 9.75. The molecular formula is C17H20FNO. The third-order valence-electron chi connectivity index (χ3n) is 4.16. The predicted molar refractivity (Wildman–Crippen MR) is 77.5 cm³/mol. The van der Waals surface area contributed by atoms with E-state index >= 15 is 0 Å². The highest BCUT2D eigenvalue weighted by Gasteiger charge is 2.34. The minimum Gasteiger partial charge on any atom is -0.388 e. The van der Waals surface area contributed by atoms with E-state index in [0.717, 1.165) is 29.8 Å². The van der Waals surface area contributed by atoms with Gasteiger partial charge in [0, 0.05) is 17.0 Å². The second-order valence-electron chi connectivity index (χ2n) is 6.54. The Balaban J connectivity index is 2.22. The van der Waals surface area contributed by atoms with Crippen molar-refractivity contribution in [1.29, 1.82) is 0 Å². The normalized spacial score (nSPS) is 20.8. The molecule has 0 saturated carbocycles. The lowest BCUT2D eigenvalue weighted by Crippen LogP contribution is -2.26. The summed E-state index contributed by atoms with van der Waals surface area (Å²) in [6.07, 6.45) is 1.14. The zero-order valence-corrected chi connectivity index (χ0v) is 12.2. The third kappa shape index (κ3) is 2.06. The van der Waals surface area contributed by atoms with Crippen molar-refractivity contribution in [2.24, 2.45) is 5.41 Å². The molecule has 0 spiro atoms. The van der Waals surface area contributed by atoms with E-state index in [1.165, 1.54) is 6.07 Å². The van der Waals surface area contributed by atoms with Crippen molar-refractivity contribution in [3.63, 3.8) is 0 Å². The Morgan fingerprint density at radius 2 is 2.00 bits per heavy atom. The highest BCUT2D eigenvalue weighted by Crippen LogP contribution is 2.42. The van der Waals surface area contributed by atoms with Crippen LogP contribution in [0.5, 0.6) is 0 Å². The van der Waals surface area contributed by atoms with Gasteiger partial charge in [0.2, 0.25) is 0 Å². The Morgan fingerprint density at radius 1 is 1.30 bits per heavy atom. The Bertz CT molecular complexity index is 657. The number of aliphatic hydroxyl groups is 1. The van der Waals surface area contributed by atoms with Crippen molar-refractivity contribution in [3.8, 4) is 5.69 Å². The third-order valence-corrected chi connectivity index (χ3v) is 4.16. The molecule has 0 bridgehead atoms. The molecule has 1 aromatic heterocycles. The monoisotopic (exact) mass is 273 g/mol. The van der Waals surface area contributed by atoms with Crippen molar-refractivity contribution >= 4 is 0 Å². The molecular weight excluding hydrogens is 253 g/mol. The Morgan fingerprint density at radius 3 is 2.70 bits per heavy atom. The number of aliphatic hydroxyl groups excluding tert-OH is 1. The summed E-state index contributed by atoms with van der Waals surface area (Å²) in [6.45, 7) is 6.25. The van der Waals surface area contributed by atoms with Crippen molar-refractivity contribution in [2.45, 2.75) is 39.7 Å². The van der Waals surface area contributed by atoms with Gasteiger partial charge in [-0.1, -0.05) is 26.0 Å². The Hall–Kier alpha value is -1.61. The minimum atomic E-state index is -0.458. The van der Waals surface area contributed by atoms with E-state index in [9.17, 15) is 9.50 Å². The number of fused-ring (bicyclic) bond motifs is 1. The smallest absolute Gasteiger partial charge is 0.147 e. The first kappa shape index (κ1) is 13.4. The van der Waals surface area contributed by atoms with Gasteiger partial charge in [0.05, 0.1) is 11.8 Å². The number of aryl methyl sites for hydroxylation is 1. The second-order valence-corrected chi connectivity index (χ2v) is 6.54. The summed E-state index contributed by atoms with van der Waals surface area (Å²) in [5, 5.41) is 10.3. The summed E-state index contributed by atoms with van der Waals surface area (Å²) in [6, 6.07) is 8.79. The van der Waals surface area contributed by atoms with E-state index in [4.69, 9.17) is 0 Å². The lowest BCUT2D eigenvalue weighted by molar-refractivity contribution is 0.0986. The van der Waals surface area contributed by atoms with Gasteiger partial charge in [-0.3, -0.25) is 0 Å². The van der Waals surface area contributed by atoms with E-state index in [0.29, 0.717) is 5.69 Å². The molecule has 1 N–H and O–H groups in total. The highest BCUT2D eigenvalue weighted by atomic mass is 19.1. The average molecular weight is 273 g/mol. The molecule has 1 aliphatic carbocycles. The van der Waals surface area contributed by atoms with E-state index in [2.05, 4.69) is 13.8 Å². The number of halogens is 1. The van der Waals surface area contributed by atoms with Crippen LogP contribution in [0.3, 0.4) is 0 Å². The molecule has 106 valence electrons. The molecule has 2 aromatic rings. The average Bonchev–Trinajstić information content (AvgIpc) is 2.66. The molecule has 1 aromatic carbocycles. The van der Waals surface area contributed by atoms with Gasteiger partial charge in [0.25, 0.3) is 0 Å². The first-order chi connectivity index (χ1) is 9.39. The Kier molecular flexibility index (Phi) is 2.98.